The van der Waals surface area contributed by atoms with Crippen molar-refractivity contribution in [2.24, 2.45) is 0 Å². The van der Waals surface area contributed by atoms with E-state index in [1.54, 1.807) is 30.3 Å². The number of allylic oxidation sites excluding steroid dienone is 1. The number of fused-ring (bicyclic) bond motifs is 1. The Morgan fingerprint density at radius 1 is 0.889 bits per heavy atom. The van der Waals surface area contributed by atoms with Crippen LogP contribution in [0.1, 0.15) is 42.2 Å². The molecule has 3 aromatic carbocycles. The normalized spacial score (nSPS) is 16.0. The standard InChI is InChI=1S/C24H22O3/c1-3-16-7-9-17(10-8-16)24-23(18-5-4-6-19(25)13-18)15(2)21-14-20(26)11-12-22(21)27-24/h4-14,24-26H,3H2,1-2H3. The summed E-state index contributed by atoms with van der Waals surface area (Å²) in [6.07, 6.45) is 0.706. The van der Waals surface area contributed by atoms with Gasteiger partial charge in [-0.1, -0.05) is 43.3 Å². The minimum atomic E-state index is -0.283. The van der Waals surface area contributed by atoms with E-state index in [9.17, 15) is 10.2 Å². The lowest BCUT2D eigenvalue weighted by Crippen LogP contribution is -2.16. The van der Waals surface area contributed by atoms with Gasteiger partial charge in [0.1, 0.15) is 23.4 Å². The molecule has 0 saturated carbocycles. The summed E-state index contributed by atoms with van der Waals surface area (Å²) < 4.78 is 6.37. The minimum absolute atomic E-state index is 0.206. The summed E-state index contributed by atoms with van der Waals surface area (Å²) in [4.78, 5) is 0. The number of hydrogen-bond donors (Lipinski definition) is 2. The zero-order valence-corrected chi connectivity index (χ0v) is 15.4. The molecule has 0 spiro atoms. The second kappa shape index (κ2) is 6.84. The van der Waals surface area contributed by atoms with Gasteiger partial charge in [0.25, 0.3) is 0 Å². The van der Waals surface area contributed by atoms with Gasteiger partial charge in [-0.2, -0.15) is 0 Å². The van der Waals surface area contributed by atoms with Crippen molar-refractivity contribution in [3.63, 3.8) is 0 Å². The van der Waals surface area contributed by atoms with Gasteiger partial charge in [-0.3, -0.25) is 0 Å². The van der Waals surface area contributed by atoms with Crippen molar-refractivity contribution in [1.82, 2.24) is 0 Å². The third-order valence-electron chi connectivity index (χ3n) is 5.13. The fourth-order valence-corrected chi connectivity index (χ4v) is 3.65. The molecule has 1 aliphatic rings. The molecular weight excluding hydrogens is 336 g/mol. The first-order valence-corrected chi connectivity index (χ1v) is 9.16. The minimum Gasteiger partial charge on any atom is -0.508 e. The van der Waals surface area contributed by atoms with Gasteiger partial charge in [-0.25, -0.2) is 0 Å². The van der Waals surface area contributed by atoms with Gasteiger partial charge in [0.2, 0.25) is 0 Å². The Kier molecular flexibility index (Phi) is 4.36. The number of hydrogen-bond acceptors (Lipinski definition) is 3. The largest absolute Gasteiger partial charge is 0.508 e. The van der Waals surface area contributed by atoms with Crippen molar-refractivity contribution < 1.29 is 14.9 Å². The second-order valence-corrected chi connectivity index (χ2v) is 6.86. The van der Waals surface area contributed by atoms with Crippen molar-refractivity contribution in [2.75, 3.05) is 0 Å². The van der Waals surface area contributed by atoms with E-state index in [-0.39, 0.29) is 17.6 Å². The smallest absolute Gasteiger partial charge is 0.150 e. The molecular formula is C24H22O3. The Morgan fingerprint density at radius 2 is 1.63 bits per heavy atom. The molecule has 3 aromatic rings. The third-order valence-corrected chi connectivity index (χ3v) is 5.13. The monoisotopic (exact) mass is 358 g/mol. The first-order valence-electron chi connectivity index (χ1n) is 9.16. The summed E-state index contributed by atoms with van der Waals surface area (Å²) in [6, 6.07) is 20.9. The highest BCUT2D eigenvalue weighted by Crippen LogP contribution is 2.47. The maximum atomic E-state index is 9.99. The fourth-order valence-electron chi connectivity index (χ4n) is 3.65. The van der Waals surface area contributed by atoms with Crippen LogP contribution in [0.3, 0.4) is 0 Å². The maximum Gasteiger partial charge on any atom is 0.150 e. The second-order valence-electron chi connectivity index (χ2n) is 6.86. The van der Waals surface area contributed by atoms with Crippen LogP contribution in [0, 0.1) is 0 Å². The first kappa shape index (κ1) is 17.2. The third kappa shape index (κ3) is 3.17. The Bertz CT molecular complexity index is 1020. The zero-order chi connectivity index (χ0) is 19.0. The number of aromatic hydroxyl groups is 2. The molecule has 136 valence electrons. The van der Waals surface area contributed by atoms with E-state index in [1.165, 1.54) is 5.56 Å². The molecule has 2 N–H and O–H groups in total. The zero-order valence-electron chi connectivity index (χ0n) is 15.4. The molecule has 1 unspecified atom stereocenters. The van der Waals surface area contributed by atoms with Crippen LogP contribution >= 0.6 is 0 Å². The van der Waals surface area contributed by atoms with Crippen molar-refractivity contribution >= 4 is 11.1 Å². The molecule has 0 aliphatic carbocycles. The number of phenolic OH excluding ortho intramolecular Hbond substituents is 2. The molecule has 27 heavy (non-hydrogen) atoms. The summed E-state index contributed by atoms with van der Waals surface area (Å²) in [6.45, 7) is 4.17. The van der Waals surface area contributed by atoms with Crippen molar-refractivity contribution in [1.29, 1.82) is 0 Å². The number of benzene rings is 3. The molecule has 1 heterocycles. The quantitative estimate of drug-likeness (QED) is 0.629. The van der Waals surface area contributed by atoms with Crippen LogP contribution in [0.2, 0.25) is 0 Å². The van der Waals surface area contributed by atoms with Crippen LogP contribution in [0.5, 0.6) is 17.2 Å². The van der Waals surface area contributed by atoms with Crippen LogP contribution in [0.4, 0.5) is 0 Å². The van der Waals surface area contributed by atoms with E-state index in [2.05, 4.69) is 31.2 Å². The molecule has 4 rings (SSSR count). The van der Waals surface area contributed by atoms with Gasteiger partial charge < -0.3 is 14.9 Å². The Balaban J connectivity index is 1.91. The van der Waals surface area contributed by atoms with Crippen LogP contribution < -0.4 is 4.74 Å². The Hall–Kier alpha value is -3.20. The van der Waals surface area contributed by atoms with E-state index >= 15 is 0 Å². The molecule has 0 amide bonds. The lowest BCUT2D eigenvalue weighted by atomic mass is 9.86. The molecule has 1 aliphatic heterocycles. The highest BCUT2D eigenvalue weighted by atomic mass is 16.5. The summed E-state index contributed by atoms with van der Waals surface area (Å²) in [7, 11) is 0. The van der Waals surface area contributed by atoms with E-state index < -0.39 is 0 Å². The van der Waals surface area contributed by atoms with Crippen molar-refractivity contribution in [3.05, 3.63) is 89.0 Å². The summed E-state index contributed by atoms with van der Waals surface area (Å²) in [5.41, 5.74) is 6.14. The van der Waals surface area contributed by atoms with Gasteiger partial charge in [0, 0.05) is 11.1 Å². The van der Waals surface area contributed by atoms with E-state index in [1.807, 2.05) is 19.1 Å². The van der Waals surface area contributed by atoms with Crippen LogP contribution in [-0.4, -0.2) is 10.2 Å². The predicted molar refractivity (Wildman–Crippen MR) is 108 cm³/mol. The summed E-state index contributed by atoms with van der Waals surface area (Å²) in [5.74, 6) is 1.17. The Morgan fingerprint density at radius 3 is 2.33 bits per heavy atom. The van der Waals surface area contributed by atoms with E-state index in [0.717, 1.165) is 40.0 Å². The van der Waals surface area contributed by atoms with E-state index in [0.29, 0.717) is 0 Å². The van der Waals surface area contributed by atoms with Crippen molar-refractivity contribution in [2.45, 2.75) is 26.4 Å². The van der Waals surface area contributed by atoms with Crippen molar-refractivity contribution in [3.8, 4) is 17.2 Å². The number of rotatable bonds is 3. The first-order chi connectivity index (χ1) is 13.1. The molecule has 1 atom stereocenters. The fraction of sp³-hybridized carbons (Fsp3) is 0.167. The van der Waals surface area contributed by atoms with Gasteiger partial charge in [-0.15, -0.1) is 0 Å². The molecule has 0 saturated heterocycles. The van der Waals surface area contributed by atoms with Gasteiger partial charge in [-0.05, 0) is 65.9 Å². The maximum absolute atomic E-state index is 9.99. The summed E-state index contributed by atoms with van der Waals surface area (Å²) in [5, 5.41) is 19.9. The number of aryl methyl sites for hydroxylation is 1. The molecule has 3 heteroatoms. The molecule has 0 bridgehead atoms. The highest BCUT2D eigenvalue weighted by Gasteiger charge is 2.29. The van der Waals surface area contributed by atoms with Crippen LogP contribution in [0.15, 0.2) is 66.7 Å². The van der Waals surface area contributed by atoms with E-state index in [4.69, 9.17) is 4.74 Å². The average molecular weight is 358 g/mol. The van der Waals surface area contributed by atoms with Crippen LogP contribution in [0.25, 0.3) is 11.1 Å². The highest BCUT2D eigenvalue weighted by molar-refractivity contribution is 5.95. The summed E-state index contributed by atoms with van der Waals surface area (Å²) >= 11 is 0. The number of ether oxygens (including phenoxy) is 1. The predicted octanol–water partition coefficient (Wildman–Crippen LogP) is 5.72. The molecule has 0 aromatic heterocycles. The van der Waals surface area contributed by atoms with Crippen LogP contribution in [-0.2, 0) is 6.42 Å². The van der Waals surface area contributed by atoms with Gasteiger partial charge in [0.05, 0.1) is 0 Å². The van der Waals surface area contributed by atoms with Gasteiger partial charge >= 0.3 is 0 Å². The topological polar surface area (TPSA) is 49.7 Å². The molecule has 0 fully saturated rings. The molecule has 0 radical (unpaired) electrons. The Labute approximate surface area is 159 Å². The van der Waals surface area contributed by atoms with Gasteiger partial charge in [0.15, 0.2) is 0 Å². The molecule has 3 nitrogen and oxygen atoms in total. The lowest BCUT2D eigenvalue weighted by molar-refractivity contribution is 0.259. The lowest BCUT2D eigenvalue weighted by Gasteiger charge is -2.31. The SMILES string of the molecule is CCc1ccc(C2Oc3ccc(O)cc3C(C)=C2c2cccc(O)c2)cc1. The average Bonchev–Trinajstić information content (AvgIpc) is 2.68. The number of phenols is 2.